The van der Waals surface area contributed by atoms with Crippen molar-refractivity contribution in [1.82, 2.24) is 9.88 Å². The molecule has 0 aliphatic carbocycles. The van der Waals surface area contributed by atoms with Crippen molar-refractivity contribution in [3.63, 3.8) is 0 Å². The lowest BCUT2D eigenvalue weighted by Crippen LogP contribution is -2.18. The molecular weight excluding hydrogens is 292 g/mol. The lowest BCUT2D eigenvalue weighted by Gasteiger charge is -2.16. The highest BCUT2D eigenvalue weighted by molar-refractivity contribution is 7.13. The van der Waals surface area contributed by atoms with E-state index in [0.717, 1.165) is 29.5 Å². The van der Waals surface area contributed by atoms with Crippen molar-refractivity contribution >= 4 is 22.7 Å². The number of hydrazone groups is 1. The quantitative estimate of drug-likeness (QED) is 0.588. The molecule has 0 fully saturated rings. The van der Waals surface area contributed by atoms with Gasteiger partial charge in [0.2, 0.25) is 5.13 Å². The smallest absolute Gasteiger partial charge is 0.203 e. The molecule has 4 nitrogen and oxygen atoms in total. The first-order chi connectivity index (χ1) is 10.7. The van der Waals surface area contributed by atoms with E-state index >= 15 is 0 Å². The molecular formula is C17H24N4S. The zero-order chi connectivity index (χ0) is 15.8. The maximum Gasteiger partial charge on any atom is 0.203 e. The summed E-state index contributed by atoms with van der Waals surface area (Å²) in [6.07, 6.45) is 4.32. The summed E-state index contributed by atoms with van der Waals surface area (Å²) in [6, 6.07) is 8.49. The van der Waals surface area contributed by atoms with Crippen LogP contribution in [-0.4, -0.2) is 29.7 Å². The Labute approximate surface area is 136 Å². The SMILES string of the molecule is CCCCN(C)Cc1cccc(C=NNc2nc(C)cs2)c1. The Morgan fingerprint density at radius 1 is 1.41 bits per heavy atom. The molecule has 1 N–H and O–H groups in total. The van der Waals surface area contributed by atoms with Crippen LogP contribution in [-0.2, 0) is 6.54 Å². The van der Waals surface area contributed by atoms with Gasteiger partial charge in [0, 0.05) is 11.9 Å². The van der Waals surface area contributed by atoms with E-state index in [0.29, 0.717) is 0 Å². The fraction of sp³-hybridized carbons (Fsp3) is 0.412. The van der Waals surface area contributed by atoms with Gasteiger partial charge in [-0.2, -0.15) is 5.10 Å². The topological polar surface area (TPSA) is 40.5 Å². The summed E-state index contributed by atoms with van der Waals surface area (Å²) in [5.74, 6) is 0. The van der Waals surface area contributed by atoms with Gasteiger partial charge >= 0.3 is 0 Å². The van der Waals surface area contributed by atoms with Crippen LogP contribution in [0.4, 0.5) is 5.13 Å². The molecule has 0 aliphatic heterocycles. The number of anilines is 1. The van der Waals surface area contributed by atoms with E-state index in [1.165, 1.54) is 18.4 Å². The van der Waals surface area contributed by atoms with Gasteiger partial charge in [0.15, 0.2) is 0 Å². The largest absolute Gasteiger partial charge is 0.302 e. The number of thiazole rings is 1. The van der Waals surface area contributed by atoms with Gasteiger partial charge in [-0.3, -0.25) is 5.43 Å². The van der Waals surface area contributed by atoms with Gasteiger partial charge < -0.3 is 4.90 Å². The molecule has 1 heterocycles. The molecule has 0 aliphatic rings. The predicted octanol–water partition coefficient (Wildman–Crippen LogP) is 4.13. The van der Waals surface area contributed by atoms with Crippen LogP contribution in [0.15, 0.2) is 34.7 Å². The standard InChI is InChI=1S/C17H24N4S/c1-4-5-9-21(3)12-16-8-6-7-15(10-16)11-18-20-17-19-14(2)13-22-17/h6-8,10-11,13H,4-5,9,12H2,1-3H3,(H,19,20). The Morgan fingerprint density at radius 2 is 2.27 bits per heavy atom. The van der Waals surface area contributed by atoms with E-state index < -0.39 is 0 Å². The zero-order valence-electron chi connectivity index (χ0n) is 13.5. The number of aryl methyl sites for hydroxylation is 1. The average molecular weight is 316 g/mol. The van der Waals surface area contributed by atoms with E-state index in [9.17, 15) is 0 Å². The third-order valence-electron chi connectivity index (χ3n) is 3.29. The van der Waals surface area contributed by atoms with Crippen LogP contribution in [0.5, 0.6) is 0 Å². The van der Waals surface area contributed by atoms with Crippen LogP contribution in [0.3, 0.4) is 0 Å². The summed E-state index contributed by atoms with van der Waals surface area (Å²) in [7, 11) is 2.17. The highest BCUT2D eigenvalue weighted by Crippen LogP contribution is 2.14. The number of hydrogen-bond acceptors (Lipinski definition) is 5. The van der Waals surface area contributed by atoms with Gasteiger partial charge in [-0.05, 0) is 44.1 Å². The predicted molar refractivity (Wildman–Crippen MR) is 95.8 cm³/mol. The second-order valence-corrected chi connectivity index (χ2v) is 6.36. The summed E-state index contributed by atoms with van der Waals surface area (Å²) in [6.45, 7) is 6.31. The van der Waals surface area contributed by atoms with E-state index in [4.69, 9.17) is 0 Å². The molecule has 0 unspecified atom stereocenters. The number of rotatable bonds is 8. The summed E-state index contributed by atoms with van der Waals surface area (Å²) in [4.78, 5) is 6.67. The average Bonchev–Trinajstić information content (AvgIpc) is 2.91. The van der Waals surface area contributed by atoms with Gasteiger partial charge in [-0.1, -0.05) is 31.5 Å². The molecule has 0 saturated heterocycles. The van der Waals surface area contributed by atoms with E-state index in [1.807, 2.05) is 18.5 Å². The van der Waals surface area contributed by atoms with Crippen molar-refractivity contribution < 1.29 is 0 Å². The van der Waals surface area contributed by atoms with Crippen LogP contribution >= 0.6 is 11.3 Å². The molecule has 1 aromatic heterocycles. The van der Waals surface area contributed by atoms with Crippen molar-refractivity contribution in [2.45, 2.75) is 33.2 Å². The first-order valence-electron chi connectivity index (χ1n) is 7.66. The molecule has 1 aromatic carbocycles. The van der Waals surface area contributed by atoms with Gasteiger partial charge in [-0.15, -0.1) is 11.3 Å². The Morgan fingerprint density at radius 3 is 3.00 bits per heavy atom. The van der Waals surface area contributed by atoms with Crippen molar-refractivity contribution in [3.8, 4) is 0 Å². The maximum absolute atomic E-state index is 4.31. The number of hydrogen-bond donors (Lipinski definition) is 1. The molecule has 2 rings (SSSR count). The summed E-state index contributed by atoms with van der Waals surface area (Å²) >= 11 is 1.56. The molecule has 0 bridgehead atoms. The summed E-state index contributed by atoms with van der Waals surface area (Å²) in [5.41, 5.74) is 6.39. The Bertz CT molecular complexity index is 606. The molecule has 5 heteroatoms. The lowest BCUT2D eigenvalue weighted by molar-refractivity contribution is 0.321. The van der Waals surface area contributed by atoms with Crippen LogP contribution in [0.25, 0.3) is 0 Å². The number of nitrogens with zero attached hydrogens (tertiary/aromatic N) is 3. The third-order valence-corrected chi connectivity index (χ3v) is 4.15. The fourth-order valence-corrected chi connectivity index (χ4v) is 2.79. The molecule has 118 valence electrons. The Kier molecular flexibility index (Phi) is 6.55. The second kappa shape index (κ2) is 8.66. The van der Waals surface area contributed by atoms with Crippen LogP contribution < -0.4 is 5.43 Å². The number of aromatic nitrogens is 1. The molecule has 0 amide bonds. The molecule has 0 atom stereocenters. The lowest BCUT2D eigenvalue weighted by atomic mass is 10.1. The Balaban J connectivity index is 1.90. The van der Waals surface area contributed by atoms with Crippen molar-refractivity contribution in [2.24, 2.45) is 5.10 Å². The van der Waals surface area contributed by atoms with Crippen LogP contribution in [0.2, 0.25) is 0 Å². The van der Waals surface area contributed by atoms with E-state index in [-0.39, 0.29) is 0 Å². The minimum absolute atomic E-state index is 0.823. The van der Waals surface area contributed by atoms with Crippen LogP contribution in [0, 0.1) is 6.92 Å². The van der Waals surface area contributed by atoms with Crippen molar-refractivity contribution in [3.05, 3.63) is 46.5 Å². The fourth-order valence-electron chi connectivity index (χ4n) is 2.16. The van der Waals surface area contributed by atoms with E-state index in [1.54, 1.807) is 11.3 Å². The van der Waals surface area contributed by atoms with E-state index in [2.05, 4.69) is 58.6 Å². The van der Waals surface area contributed by atoms with Crippen molar-refractivity contribution in [2.75, 3.05) is 19.0 Å². The Hall–Kier alpha value is -1.72. The number of benzene rings is 1. The normalized spacial score (nSPS) is 11.5. The van der Waals surface area contributed by atoms with Gasteiger partial charge in [0.05, 0.1) is 11.9 Å². The minimum atomic E-state index is 0.823. The first kappa shape index (κ1) is 16.6. The molecule has 22 heavy (non-hydrogen) atoms. The minimum Gasteiger partial charge on any atom is -0.302 e. The first-order valence-corrected chi connectivity index (χ1v) is 8.54. The van der Waals surface area contributed by atoms with Gasteiger partial charge in [0.25, 0.3) is 0 Å². The monoisotopic (exact) mass is 316 g/mol. The summed E-state index contributed by atoms with van der Waals surface area (Å²) < 4.78 is 0. The van der Waals surface area contributed by atoms with Gasteiger partial charge in [0.1, 0.15) is 0 Å². The van der Waals surface area contributed by atoms with Crippen molar-refractivity contribution in [1.29, 1.82) is 0 Å². The highest BCUT2D eigenvalue weighted by atomic mass is 32.1. The third kappa shape index (κ3) is 5.58. The molecule has 0 spiro atoms. The van der Waals surface area contributed by atoms with Crippen LogP contribution in [0.1, 0.15) is 36.6 Å². The molecule has 2 aromatic rings. The maximum atomic E-state index is 4.31. The molecule has 0 saturated carbocycles. The second-order valence-electron chi connectivity index (χ2n) is 5.50. The zero-order valence-corrected chi connectivity index (χ0v) is 14.4. The van der Waals surface area contributed by atoms with Gasteiger partial charge in [-0.25, -0.2) is 4.98 Å². The summed E-state index contributed by atoms with van der Waals surface area (Å²) in [5, 5.41) is 7.08. The molecule has 0 radical (unpaired) electrons. The number of nitrogens with one attached hydrogen (secondary N) is 1. The highest BCUT2D eigenvalue weighted by Gasteiger charge is 2.00. The number of unbranched alkanes of at least 4 members (excludes halogenated alkanes) is 1.